The molecule has 0 spiro atoms. The molecule has 0 saturated carbocycles. The van der Waals surface area contributed by atoms with E-state index < -0.39 is 16.8 Å². The third-order valence-electron chi connectivity index (χ3n) is 1.86. The van der Waals surface area contributed by atoms with Gasteiger partial charge in [-0.25, -0.2) is 4.79 Å². The van der Waals surface area contributed by atoms with E-state index in [1.165, 1.54) is 12.1 Å². The second-order valence-electron chi connectivity index (χ2n) is 4.67. The number of carbonyl (C=O) groups is 2. The van der Waals surface area contributed by atoms with Gasteiger partial charge in [-0.3, -0.25) is 4.79 Å². The van der Waals surface area contributed by atoms with Gasteiger partial charge in [-0.2, -0.15) is 0 Å². The van der Waals surface area contributed by atoms with Crippen LogP contribution in [0.4, 0.5) is 0 Å². The van der Waals surface area contributed by atoms with E-state index in [0.29, 0.717) is 11.3 Å². The molecular weight excluding hydrogens is 256 g/mol. The molecule has 0 aliphatic heterocycles. The Kier molecular flexibility index (Phi) is 4.73. The highest BCUT2D eigenvalue weighted by molar-refractivity contribution is 6.67. The van der Waals surface area contributed by atoms with Crippen molar-refractivity contribution in [3.05, 3.63) is 29.8 Å². The van der Waals surface area contributed by atoms with Crippen LogP contribution in [0, 0.1) is 0 Å². The van der Waals surface area contributed by atoms with Gasteiger partial charge in [0.2, 0.25) is 0 Å². The van der Waals surface area contributed by atoms with Gasteiger partial charge in [0.25, 0.3) is 5.24 Å². The van der Waals surface area contributed by atoms with E-state index in [4.69, 9.17) is 21.1 Å². The quantitative estimate of drug-likeness (QED) is 0.624. The van der Waals surface area contributed by atoms with Gasteiger partial charge < -0.3 is 9.47 Å². The zero-order valence-corrected chi connectivity index (χ0v) is 11.3. The molecule has 0 fully saturated rings. The SMILES string of the molecule is CC(C)(C)OC(=O)COc1ccc(C(=O)Cl)cc1. The third-order valence-corrected chi connectivity index (χ3v) is 2.08. The summed E-state index contributed by atoms with van der Waals surface area (Å²) in [5.41, 5.74) is -0.156. The lowest BCUT2D eigenvalue weighted by molar-refractivity contribution is -0.157. The second kappa shape index (κ2) is 5.87. The molecule has 0 N–H and O–H groups in total. The number of ether oxygens (including phenoxy) is 2. The maximum absolute atomic E-state index is 11.4. The molecule has 0 heterocycles. The Morgan fingerprint density at radius 2 is 1.72 bits per heavy atom. The van der Waals surface area contributed by atoms with Crippen LogP contribution in [0.5, 0.6) is 5.75 Å². The van der Waals surface area contributed by atoms with Crippen LogP contribution in [0.3, 0.4) is 0 Å². The first-order valence-corrected chi connectivity index (χ1v) is 5.80. The van der Waals surface area contributed by atoms with Gasteiger partial charge >= 0.3 is 5.97 Å². The Balaban J connectivity index is 2.49. The Hall–Kier alpha value is -1.55. The molecule has 1 aromatic carbocycles. The van der Waals surface area contributed by atoms with E-state index in [1.54, 1.807) is 32.9 Å². The zero-order chi connectivity index (χ0) is 13.8. The smallest absolute Gasteiger partial charge is 0.344 e. The third kappa shape index (κ3) is 5.19. The highest BCUT2D eigenvalue weighted by Crippen LogP contribution is 2.14. The summed E-state index contributed by atoms with van der Waals surface area (Å²) in [6.45, 7) is 5.18. The Bertz CT molecular complexity index is 431. The number of halogens is 1. The highest BCUT2D eigenvalue weighted by atomic mass is 35.5. The Morgan fingerprint density at radius 3 is 2.17 bits per heavy atom. The highest BCUT2D eigenvalue weighted by Gasteiger charge is 2.16. The van der Waals surface area contributed by atoms with Crippen LogP contribution in [0.25, 0.3) is 0 Å². The van der Waals surface area contributed by atoms with Crippen molar-refractivity contribution in [1.82, 2.24) is 0 Å². The number of carbonyl (C=O) groups excluding carboxylic acids is 2. The van der Waals surface area contributed by atoms with Crippen LogP contribution in [0.15, 0.2) is 24.3 Å². The Labute approximate surface area is 111 Å². The molecule has 0 bridgehead atoms. The molecule has 0 amide bonds. The topological polar surface area (TPSA) is 52.6 Å². The van der Waals surface area contributed by atoms with Crippen molar-refractivity contribution < 1.29 is 19.1 Å². The predicted octanol–water partition coefficient (Wildman–Crippen LogP) is 2.79. The summed E-state index contributed by atoms with van der Waals surface area (Å²) < 4.78 is 10.3. The molecule has 0 aromatic heterocycles. The monoisotopic (exact) mass is 270 g/mol. The summed E-state index contributed by atoms with van der Waals surface area (Å²) >= 11 is 5.30. The summed E-state index contributed by atoms with van der Waals surface area (Å²) in [5.74, 6) is 0.0301. The number of hydrogen-bond donors (Lipinski definition) is 0. The molecule has 0 aliphatic carbocycles. The first kappa shape index (κ1) is 14.5. The Morgan fingerprint density at radius 1 is 1.17 bits per heavy atom. The first-order valence-electron chi connectivity index (χ1n) is 5.42. The van der Waals surface area contributed by atoms with Crippen LogP contribution in [0.2, 0.25) is 0 Å². The summed E-state index contributed by atoms with van der Waals surface area (Å²) in [6, 6.07) is 6.19. The van der Waals surface area contributed by atoms with Gasteiger partial charge in [0, 0.05) is 5.56 Å². The van der Waals surface area contributed by atoms with Gasteiger partial charge in [-0.1, -0.05) is 0 Å². The van der Waals surface area contributed by atoms with E-state index in [1.807, 2.05) is 0 Å². The number of esters is 1. The molecule has 0 saturated heterocycles. The first-order chi connectivity index (χ1) is 8.28. The molecule has 5 heteroatoms. The average molecular weight is 271 g/mol. The summed E-state index contributed by atoms with van der Waals surface area (Å²) in [6.07, 6.45) is 0. The molecule has 4 nitrogen and oxygen atoms in total. The molecule has 0 unspecified atom stereocenters. The number of rotatable bonds is 4. The average Bonchev–Trinajstić information content (AvgIpc) is 2.24. The summed E-state index contributed by atoms with van der Waals surface area (Å²) in [4.78, 5) is 22.2. The molecule has 0 aliphatic rings. The second-order valence-corrected chi connectivity index (χ2v) is 5.02. The lowest BCUT2D eigenvalue weighted by Gasteiger charge is -2.19. The van der Waals surface area contributed by atoms with E-state index >= 15 is 0 Å². The fourth-order valence-electron chi connectivity index (χ4n) is 1.20. The van der Waals surface area contributed by atoms with Gasteiger partial charge in [0.15, 0.2) is 6.61 Å². The van der Waals surface area contributed by atoms with E-state index in [9.17, 15) is 9.59 Å². The van der Waals surface area contributed by atoms with Gasteiger partial charge in [-0.15, -0.1) is 0 Å². The number of hydrogen-bond acceptors (Lipinski definition) is 4. The standard InChI is InChI=1S/C13H15ClO4/c1-13(2,3)18-11(15)8-17-10-6-4-9(5-7-10)12(14)16/h4-7H,8H2,1-3H3. The lowest BCUT2D eigenvalue weighted by Crippen LogP contribution is -2.27. The van der Waals surface area contributed by atoms with E-state index in [2.05, 4.69) is 0 Å². The van der Waals surface area contributed by atoms with Crippen LogP contribution >= 0.6 is 11.6 Å². The van der Waals surface area contributed by atoms with Gasteiger partial charge in [0.1, 0.15) is 11.4 Å². The van der Waals surface area contributed by atoms with E-state index in [-0.39, 0.29) is 6.61 Å². The number of benzene rings is 1. The normalized spacial score (nSPS) is 10.9. The molecule has 0 radical (unpaired) electrons. The zero-order valence-electron chi connectivity index (χ0n) is 10.5. The molecule has 1 aromatic rings. The largest absolute Gasteiger partial charge is 0.482 e. The molecule has 98 valence electrons. The van der Waals surface area contributed by atoms with Crippen molar-refractivity contribution in [1.29, 1.82) is 0 Å². The minimum atomic E-state index is -0.534. The van der Waals surface area contributed by atoms with Crippen LogP contribution in [-0.2, 0) is 9.53 Å². The van der Waals surface area contributed by atoms with E-state index in [0.717, 1.165) is 0 Å². The summed E-state index contributed by atoms with van der Waals surface area (Å²) in [5, 5.41) is -0.534. The molecule has 1 rings (SSSR count). The van der Waals surface area contributed by atoms with Crippen molar-refractivity contribution in [2.24, 2.45) is 0 Å². The predicted molar refractivity (Wildman–Crippen MR) is 68.0 cm³/mol. The van der Waals surface area contributed by atoms with Crippen molar-refractivity contribution in [3.8, 4) is 5.75 Å². The minimum absolute atomic E-state index is 0.175. The molecule has 0 atom stereocenters. The minimum Gasteiger partial charge on any atom is -0.482 e. The fourth-order valence-corrected chi connectivity index (χ4v) is 1.32. The van der Waals surface area contributed by atoms with Crippen molar-refractivity contribution in [2.75, 3.05) is 6.61 Å². The van der Waals surface area contributed by atoms with Crippen LogP contribution in [0.1, 0.15) is 31.1 Å². The maximum atomic E-state index is 11.4. The van der Waals surface area contributed by atoms with Crippen molar-refractivity contribution in [3.63, 3.8) is 0 Å². The lowest BCUT2D eigenvalue weighted by atomic mass is 10.2. The molecular formula is C13H15ClO4. The van der Waals surface area contributed by atoms with Crippen LogP contribution in [-0.4, -0.2) is 23.4 Å². The van der Waals surface area contributed by atoms with Crippen LogP contribution < -0.4 is 4.74 Å². The summed E-state index contributed by atoms with van der Waals surface area (Å²) in [7, 11) is 0. The fraction of sp³-hybridized carbons (Fsp3) is 0.385. The van der Waals surface area contributed by atoms with Crippen molar-refractivity contribution in [2.45, 2.75) is 26.4 Å². The van der Waals surface area contributed by atoms with Gasteiger partial charge in [0.05, 0.1) is 0 Å². The molecule has 18 heavy (non-hydrogen) atoms. The maximum Gasteiger partial charge on any atom is 0.344 e. The van der Waals surface area contributed by atoms with Crippen molar-refractivity contribution >= 4 is 22.8 Å². The van der Waals surface area contributed by atoms with Gasteiger partial charge in [-0.05, 0) is 56.6 Å².